The largest absolute Gasteiger partial charge is 0.392 e. The van der Waals surface area contributed by atoms with E-state index >= 15 is 0 Å². The lowest BCUT2D eigenvalue weighted by atomic mass is 10.1. The number of hydrogen-bond donors (Lipinski definition) is 1. The fourth-order valence-corrected chi connectivity index (χ4v) is 5.58. The van der Waals surface area contributed by atoms with E-state index in [0.29, 0.717) is 21.2 Å². The summed E-state index contributed by atoms with van der Waals surface area (Å²) in [5.74, 6) is 0.712. The molecule has 30 heavy (non-hydrogen) atoms. The molecule has 0 saturated heterocycles. The van der Waals surface area contributed by atoms with Crippen molar-refractivity contribution in [2.24, 2.45) is 0 Å². The maximum absolute atomic E-state index is 13.2. The number of nitrogens with zero attached hydrogens (tertiary/aromatic N) is 1. The van der Waals surface area contributed by atoms with Crippen molar-refractivity contribution in [2.75, 3.05) is 5.73 Å². The summed E-state index contributed by atoms with van der Waals surface area (Å²) in [7, 11) is 0. The molecule has 2 N–H and O–H groups in total. The van der Waals surface area contributed by atoms with Gasteiger partial charge in [0.05, 0.1) is 0 Å². The van der Waals surface area contributed by atoms with Crippen LogP contribution in [0.4, 0.5) is 5.69 Å². The molecule has 3 nitrogen and oxygen atoms in total. The van der Waals surface area contributed by atoms with Gasteiger partial charge in [0.25, 0.3) is 5.69 Å². The number of halogens is 1. The fraction of sp³-hybridized carbons (Fsp3) is 0.0833. The molecule has 0 bridgehead atoms. The van der Waals surface area contributed by atoms with Crippen molar-refractivity contribution < 1.29 is 9.36 Å². The second-order valence-corrected chi connectivity index (χ2v) is 9.58. The first-order chi connectivity index (χ1) is 14.5. The molecule has 6 heteroatoms. The normalized spacial score (nSPS) is 10.9. The predicted octanol–water partition coefficient (Wildman–Crippen LogP) is 6.09. The molecule has 0 unspecified atom stereocenters. The average molecular weight is 452 g/mol. The van der Waals surface area contributed by atoms with Crippen molar-refractivity contribution in [3.63, 3.8) is 0 Å². The van der Waals surface area contributed by atoms with Gasteiger partial charge in [0.1, 0.15) is 14.8 Å². The summed E-state index contributed by atoms with van der Waals surface area (Å²) in [6.07, 6.45) is 3.90. The zero-order chi connectivity index (χ0) is 21.1. The monoisotopic (exact) mass is 451 g/mol. The summed E-state index contributed by atoms with van der Waals surface area (Å²) in [6, 6.07) is 21.3. The van der Waals surface area contributed by atoms with Crippen LogP contribution in [0.5, 0.6) is 0 Å². The van der Waals surface area contributed by atoms with Crippen LogP contribution in [0.1, 0.15) is 26.4 Å². The van der Waals surface area contributed by atoms with Crippen LogP contribution in [0, 0.1) is 6.92 Å². The Hall–Kier alpha value is -2.60. The maximum Gasteiger partial charge on any atom is 0.259 e. The third-order valence-corrected chi connectivity index (χ3v) is 7.44. The molecule has 0 aliphatic heterocycles. The lowest BCUT2D eigenvalue weighted by molar-refractivity contribution is -0.596. The molecule has 0 radical (unpaired) electrons. The molecule has 2 aromatic carbocycles. The number of nitrogen functional groups attached to an aromatic ring is 1. The molecule has 0 amide bonds. The summed E-state index contributed by atoms with van der Waals surface area (Å²) >= 11 is 9.11. The topological polar surface area (TPSA) is 47.0 Å². The van der Waals surface area contributed by atoms with Gasteiger partial charge in [-0.05, 0) is 36.8 Å². The Labute approximate surface area is 189 Å². The molecule has 0 atom stereocenters. The van der Waals surface area contributed by atoms with Gasteiger partial charge in [0.15, 0.2) is 12.4 Å². The zero-order valence-electron chi connectivity index (χ0n) is 16.3. The van der Waals surface area contributed by atoms with Gasteiger partial charge in [-0.15, -0.1) is 23.1 Å². The maximum atomic E-state index is 13.2. The lowest BCUT2D eigenvalue weighted by Crippen LogP contribution is -2.30. The minimum atomic E-state index is -0.0888. The molecule has 150 valence electrons. The summed E-state index contributed by atoms with van der Waals surface area (Å²) in [6.45, 7) is 2.08. The fourth-order valence-electron chi connectivity index (χ4n) is 3.04. The van der Waals surface area contributed by atoms with Crippen molar-refractivity contribution in [3.8, 4) is 5.69 Å². The number of carbonyl (C=O) groups excluding carboxylic acids is 1. The minimum absolute atomic E-state index is 0.0888. The molecular weight excluding hydrogens is 432 g/mol. The van der Waals surface area contributed by atoms with E-state index in [1.165, 1.54) is 22.5 Å². The Morgan fingerprint density at radius 1 is 1.03 bits per heavy atom. The number of thioether (sulfide) groups is 1. The van der Waals surface area contributed by atoms with Crippen LogP contribution in [0.3, 0.4) is 0 Å². The number of thiophene rings is 1. The molecule has 2 heterocycles. The smallest absolute Gasteiger partial charge is 0.259 e. The summed E-state index contributed by atoms with van der Waals surface area (Å²) in [5, 5.41) is 0.598. The molecule has 2 aromatic heterocycles. The molecule has 0 saturated carbocycles. The predicted molar refractivity (Wildman–Crippen MR) is 126 cm³/mol. The second-order valence-electron chi connectivity index (χ2n) is 6.87. The molecule has 4 rings (SSSR count). The number of hydrogen-bond acceptors (Lipinski definition) is 4. The zero-order valence-corrected chi connectivity index (χ0v) is 18.7. The van der Waals surface area contributed by atoms with Crippen molar-refractivity contribution in [1.29, 1.82) is 0 Å². The lowest BCUT2D eigenvalue weighted by Gasteiger charge is -2.02. The Bertz CT molecular complexity index is 1170. The van der Waals surface area contributed by atoms with Crippen LogP contribution < -0.4 is 10.3 Å². The Morgan fingerprint density at radius 3 is 2.37 bits per heavy atom. The average Bonchev–Trinajstić information content (AvgIpc) is 3.10. The quantitative estimate of drug-likeness (QED) is 0.219. The van der Waals surface area contributed by atoms with E-state index < -0.39 is 0 Å². The highest BCUT2D eigenvalue weighted by Crippen LogP contribution is 2.40. The van der Waals surface area contributed by atoms with Crippen LogP contribution in [-0.2, 0) is 5.75 Å². The number of aryl methyl sites for hydroxylation is 1. The van der Waals surface area contributed by atoms with E-state index in [-0.39, 0.29) is 5.78 Å². The van der Waals surface area contributed by atoms with E-state index in [1.54, 1.807) is 36.0 Å². The van der Waals surface area contributed by atoms with Crippen LogP contribution in [-0.4, -0.2) is 5.78 Å². The third-order valence-electron chi connectivity index (χ3n) is 4.66. The molecule has 0 spiro atoms. The highest BCUT2D eigenvalue weighted by molar-refractivity contribution is 8.00. The third kappa shape index (κ3) is 4.43. The van der Waals surface area contributed by atoms with Gasteiger partial charge in [0.2, 0.25) is 5.78 Å². The Balaban J connectivity index is 1.72. The molecule has 0 aliphatic carbocycles. The molecular formula is C24H20ClN2OS2+. The van der Waals surface area contributed by atoms with Crippen molar-refractivity contribution in [2.45, 2.75) is 16.9 Å². The van der Waals surface area contributed by atoms with Gasteiger partial charge in [0, 0.05) is 28.5 Å². The Morgan fingerprint density at radius 2 is 1.70 bits per heavy atom. The summed E-state index contributed by atoms with van der Waals surface area (Å²) in [5.41, 5.74) is 10.9. The standard InChI is InChI=1S/C24H19ClN2OS2/c1-16-5-7-17(8-6-16)15-29-24-21(27-13-3-2-4-14-27)20(26)23(30-24)22(28)18-9-11-19(25)12-10-18/h2-14H,15H2,1H3,(H-,26,28)/p+1. The number of ketones is 1. The van der Waals surface area contributed by atoms with Crippen LogP contribution in [0.2, 0.25) is 5.02 Å². The van der Waals surface area contributed by atoms with Gasteiger partial charge < -0.3 is 5.73 Å². The summed E-state index contributed by atoms with van der Waals surface area (Å²) in [4.78, 5) is 13.7. The highest BCUT2D eigenvalue weighted by atomic mass is 35.5. The first kappa shape index (κ1) is 20.7. The van der Waals surface area contributed by atoms with Gasteiger partial charge >= 0.3 is 0 Å². The van der Waals surface area contributed by atoms with Crippen molar-refractivity contribution in [1.82, 2.24) is 0 Å². The minimum Gasteiger partial charge on any atom is -0.392 e. The van der Waals surface area contributed by atoms with Gasteiger partial charge in [-0.3, -0.25) is 4.79 Å². The van der Waals surface area contributed by atoms with E-state index in [1.807, 2.05) is 35.2 Å². The summed E-state index contributed by atoms with van der Waals surface area (Å²) < 4.78 is 2.99. The molecule has 4 aromatic rings. The van der Waals surface area contributed by atoms with Crippen molar-refractivity contribution in [3.05, 3.63) is 106 Å². The second kappa shape index (κ2) is 9.04. The van der Waals surface area contributed by atoms with Crippen molar-refractivity contribution >= 4 is 46.2 Å². The van der Waals surface area contributed by atoms with E-state index in [2.05, 4.69) is 31.2 Å². The number of aromatic nitrogens is 1. The van der Waals surface area contributed by atoms with Gasteiger partial charge in [-0.1, -0.05) is 47.5 Å². The van der Waals surface area contributed by atoms with Crippen LogP contribution in [0.25, 0.3) is 5.69 Å². The van der Waals surface area contributed by atoms with E-state index in [4.69, 9.17) is 17.3 Å². The number of benzene rings is 2. The van der Waals surface area contributed by atoms with E-state index in [0.717, 1.165) is 15.6 Å². The number of anilines is 1. The Kier molecular flexibility index (Phi) is 6.23. The molecule has 0 fully saturated rings. The van der Waals surface area contributed by atoms with Gasteiger partial charge in [-0.2, -0.15) is 4.57 Å². The van der Waals surface area contributed by atoms with Gasteiger partial charge in [-0.25, -0.2) is 0 Å². The SMILES string of the molecule is Cc1ccc(CSc2sc(C(=O)c3ccc(Cl)cc3)c(N)c2-[n+]2ccccc2)cc1. The van der Waals surface area contributed by atoms with E-state index in [9.17, 15) is 4.79 Å². The van der Waals surface area contributed by atoms with Crippen LogP contribution in [0.15, 0.2) is 83.3 Å². The first-order valence-corrected chi connectivity index (χ1v) is 11.6. The number of pyridine rings is 1. The highest BCUT2D eigenvalue weighted by Gasteiger charge is 2.28. The first-order valence-electron chi connectivity index (χ1n) is 9.40. The van der Waals surface area contributed by atoms with Crippen LogP contribution >= 0.6 is 34.7 Å². The number of nitrogens with two attached hydrogens (primary N) is 1. The number of carbonyl (C=O) groups is 1. The molecule has 0 aliphatic rings. The number of rotatable bonds is 6.